The van der Waals surface area contributed by atoms with Gasteiger partial charge in [-0.15, -0.1) is 0 Å². The molecule has 0 bridgehead atoms. The Balaban J connectivity index is 2.20. The monoisotopic (exact) mass is 446 g/mol. The minimum Gasteiger partial charge on any atom is -0.376 e. The summed E-state index contributed by atoms with van der Waals surface area (Å²) in [6, 6.07) is 9.97. The molecule has 0 spiro atoms. The maximum Gasteiger partial charge on any atom is 0.416 e. The number of azide groups is 1. The van der Waals surface area contributed by atoms with Crippen LogP contribution in [0.3, 0.4) is 0 Å². The summed E-state index contributed by atoms with van der Waals surface area (Å²) in [7, 11) is 0. The largest absolute Gasteiger partial charge is 0.416 e. The number of hydrogen-bond acceptors (Lipinski definition) is 2. The van der Waals surface area contributed by atoms with E-state index in [1.165, 1.54) is 0 Å². The Morgan fingerprint density at radius 2 is 1.53 bits per heavy atom. The first-order valence-corrected chi connectivity index (χ1v) is 9.02. The number of thiocarbonyl (C=S) groups is 1. The molecular formula is C19H16F6N4S. The van der Waals surface area contributed by atoms with Gasteiger partial charge >= 0.3 is 12.4 Å². The number of hydrogen-bond donors (Lipinski definition) is 1. The molecule has 0 heterocycles. The number of alkyl halides is 6. The molecule has 0 fully saturated rings. The van der Waals surface area contributed by atoms with Crippen molar-refractivity contribution in [3.63, 3.8) is 0 Å². The highest BCUT2D eigenvalue weighted by Crippen LogP contribution is 2.36. The van der Waals surface area contributed by atoms with Crippen LogP contribution in [0.15, 0.2) is 53.6 Å². The fraction of sp³-hybridized carbons (Fsp3) is 0.316. The molecule has 0 aliphatic carbocycles. The van der Waals surface area contributed by atoms with E-state index in [-0.39, 0.29) is 29.6 Å². The average molecular weight is 446 g/mol. The molecule has 160 valence electrons. The molecule has 4 nitrogen and oxygen atoms in total. The first kappa shape index (κ1) is 23.5. The molecule has 0 unspecified atom stereocenters. The van der Waals surface area contributed by atoms with Crippen molar-refractivity contribution in [1.82, 2.24) is 5.32 Å². The van der Waals surface area contributed by atoms with Gasteiger partial charge in [-0.25, -0.2) is 0 Å². The molecule has 0 aromatic heterocycles. The normalized spacial score (nSPS) is 12.7. The van der Waals surface area contributed by atoms with Crippen LogP contribution >= 0.6 is 12.2 Å². The van der Waals surface area contributed by atoms with Gasteiger partial charge in [0.2, 0.25) is 0 Å². The molecule has 2 aromatic carbocycles. The molecule has 30 heavy (non-hydrogen) atoms. The molecule has 2 rings (SSSR count). The minimum absolute atomic E-state index is 0.00191. The summed E-state index contributed by atoms with van der Waals surface area (Å²) in [5.41, 5.74) is 6.42. The molecule has 0 radical (unpaired) electrons. The fourth-order valence-electron chi connectivity index (χ4n) is 2.78. The van der Waals surface area contributed by atoms with Crippen LogP contribution < -0.4 is 5.32 Å². The number of halogens is 6. The third-order valence-electron chi connectivity index (χ3n) is 4.07. The molecular weight excluding hydrogens is 430 g/mol. The second kappa shape index (κ2) is 9.82. The predicted octanol–water partition coefficient (Wildman–Crippen LogP) is 6.11. The number of nitrogens with one attached hydrogen (secondary N) is 1. The first-order chi connectivity index (χ1) is 14.0. The molecule has 1 atom stereocenters. The Morgan fingerprint density at radius 1 is 0.967 bits per heavy atom. The summed E-state index contributed by atoms with van der Waals surface area (Å²) >= 11 is 5.14. The molecule has 11 heteroatoms. The van der Waals surface area contributed by atoms with Crippen LogP contribution in [0.25, 0.3) is 10.4 Å². The van der Waals surface area contributed by atoms with Crippen molar-refractivity contribution in [3.05, 3.63) is 81.2 Å². The molecule has 2 aromatic rings. The molecule has 0 saturated carbocycles. The third kappa shape index (κ3) is 7.23. The van der Waals surface area contributed by atoms with E-state index in [1.807, 2.05) is 18.2 Å². The van der Waals surface area contributed by atoms with Crippen molar-refractivity contribution in [2.24, 2.45) is 5.11 Å². The van der Waals surface area contributed by atoms with E-state index in [9.17, 15) is 26.3 Å². The van der Waals surface area contributed by atoms with Gasteiger partial charge in [0, 0.05) is 23.9 Å². The lowest BCUT2D eigenvalue weighted by Gasteiger charge is -2.20. The van der Waals surface area contributed by atoms with Crippen molar-refractivity contribution in [3.8, 4) is 0 Å². The van der Waals surface area contributed by atoms with Crippen molar-refractivity contribution in [2.75, 3.05) is 6.54 Å². The molecule has 0 saturated heterocycles. The van der Waals surface area contributed by atoms with Gasteiger partial charge in [0.05, 0.1) is 16.1 Å². The standard InChI is InChI=1S/C19H16F6N4S/c20-18(21,22)14-6-13(7-15(10-14)19(23,24)25)9-17(30)28-16(11-27-29-26)8-12-4-2-1-3-5-12/h1-7,10,16H,8-9,11H2,(H,28,30)/t16-/m0/s1. The first-order valence-electron chi connectivity index (χ1n) is 8.61. The van der Waals surface area contributed by atoms with E-state index in [4.69, 9.17) is 17.7 Å². The summed E-state index contributed by atoms with van der Waals surface area (Å²) in [6.45, 7) is 0.00191. The van der Waals surface area contributed by atoms with Gasteiger partial charge in [-0.2, -0.15) is 26.3 Å². The molecule has 0 amide bonds. The second-order valence-corrected chi connectivity index (χ2v) is 6.95. The lowest BCUT2D eigenvalue weighted by molar-refractivity contribution is -0.143. The molecule has 1 N–H and O–H groups in total. The van der Waals surface area contributed by atoms with Crippen LogP contribution in [0.4, 0.5) is 26.3 Å². The summed E-state index contributed by atoms with van der Waals surface area (Å²) in [5.74, 6) is 0. The Morgan fingerprint density at radius 3 is 2.03 bits per heavy atom. The van der Waals surface area contributed by atoms with E-state index >= 15 is 0 Å². The van der Waals surface area contributed by atoms with E-state index in [1.54, 1.807) is 12.1 Å². The van der Waals surface area contributed by atoms with Crippen LogP contribution in [-0.2, 0) is 25.2 Å². The summed E-state index contributed by atoms with van der Waals surface area (Å²) < 4.78 is 78.0. The maximum absolute atomic E-state index is 13.0. The number of nitrogens with zero attached hydrogens (tertiary/aromatic N) is 3. The Labute approximate surface area is 173 Å². The van der Waals surface area contributed by atoms with Gasteiger partial charge < -0.3 is 5.32 Å². The number of benzene rings is 2. The highest BCUT2D eigenvalue weighted by molar-refractivity contribution is 7.80. The highest BCUT2D eigenvalue weighted by atomic mass is 32.1. The SMILES string of the molecule is [N-]=[N+]=NC[C@H](Cc1ccccc1)NC(=S)Cc1cc(C(F)(F)F)cc(C(F)(F)F)c1. The average Bonchev–Trinajstić information content (AvgIpc) is 2.65. The Hall–Kier alpha value is -2.78. The van der Waals surface area contributed by atoms with Gasteiger partial charge in [0.1, 0.15) is 0 Å². The number of rotatable bonds is 7. The van der Waals surface area contributed by atoms with Crippen molar-refractivity contribution in [1.29, 1.82) is 0 Å². The van der Waals surface area contributed by atoms with E-state index in [0.717, 1.165) is 5.56 Å². The van der Waals surface area contributed by atoms with Crippen molar-refractivity contribution in [2.45, 2.75) is 31.2 Å². The van der Waals surface area contributed by atoms with Gasteiger partial charge in [-0.05, 0) is 41.3 Å². The smallest absolute Gasteiger partial charge is 0.376 e. The van der Waals surface area contributed by atoms with Crippen LogP contribution in [0, 0.1) is 0 Å². The van der Waals surface area contributed by atoms with Crippen LogP contribution in [0.2, 0.25) is 0 Å². The summed E-state index contributed by atoms with van der Waals surface area (Å²) in [4.78, 5) is 2.72. The van der Waals surface area contributed by atoms with Gasteiger partial charge in [0.15, 0.2) is 0 Å². The Kier molecular flexibility index (Phi) is 7.69. The lowest BCUT2D eigenvalue weighted by Crippen LogP contribution is -2.38. The van der Waals surface area contributed by atoms with Crippen LogP contribution in [0.5, 0.6) is 0 Å². The maximum atomic E-state index is 13.0. The fourth-order valence-corrected chi connectivity index (χ4v) is 3.11. The zero-order valence-electron chi connectivity index (χ0n) is 15.3. The van der Waals surface area contributed by atoms with Gasteiger partial charge in [-0.3, -0.25) is 0 Å². The lowest BCUT2D eigenvalue weighted by atomic mass is 10.0. The minimum atomic E-state index is -4.93. The van der Waals surface area contributed by atoms with Crippen molar-refractivity contribution < 1.29 is 26.3 Å². The highest BCUT2D eigenvalue weighted by Gasteiger charge is 2.36. The predicted molar refractivity (Wildman–Crippen MR) is 104 cm³/mol. The zero-order chi connectivity index (χ0) is 22.4. The van der Waals surface area contributed by atoms with Crippen LogP contribution in [0.1, 0.15) is 22.3 Å². The zero-order valence-corrected chi connectivity index (χ0v) is 16.2. The summed E-state index contributed by atoms with van der Waals surface area (Å²) in [6.07, 6.45) is -9.79. The third-order valence-corrected chi connectivity index (χ3v) is 4.33. The molecule has 0 aliphatic rings. The second-order valence-electron chi connectivity index (χ2n) is 6.46. The topological polar surface area (TPSA) is 60.8 Å². The van der Waals surface area contributed by atoms with Crippen LogP contribution in [-0.4, -0.2) is 17.6 Å². The van der Waals surface area contributed by atoms with Gasteiger partial charge in [0.25, 0.3) is 0 Å². The van der Waals surface area contributed by atoms with E-state index < -0.39 is 29.5 Å². The summed E-state index contributed by atoms with van der Waals surface area (Å²) in [5, 5.41) is 6.35. The van der Waals surface area contributed by atoms with Crippen molar-refractivity contribution >= 4 is 17.2 Å². The quantitative estimate of drug-likeness (QED) is 0.184. The van der Waals surface area contributed by atoms with E-state index in [2.05, 4.69) is 15.3 Å². The molecule has 0 aliphatic heterocycles. The Bertz CT molecular complexity index is 889. The van der Waals surface area contributed by atoms with Gasteiger partial charge in [-0.1, -0.05) is 47.7 Å². The van der Waals surface area contributed by atoms with E-state index in [0.29, 0.717) is 18.6 Å².